The third kappa shape index (κ3) is 10.1. The number of phenolic OH excluding ortho intramolecular Hbond substituents is 1. The Kier molecular flexibility index (Phi) is 11.2. The zero-order valence-electron chi connectivity index (χ0n) is 20.0. The number of aliphatic carboxylic acids is 1. The van der Waals surface area contributed by atoms with Gasteiger partial charge in [-0.05, 0) is 30.5 Å². The molecule has 4 unspecified atom stereocenters. The molecule has 0 aliphatic carbocycles. The molecule has 0 saturated heterocycles. The number of phenols is 1. The third-order valence-corrected chi connectivity index (χ3v) is 4.92. The monoisotopic (exact) mass is 489 g/mol. The van der Waals surface area contributed by atoms with Crippen LogP contribution in [0.25, 0.3) is 0 Å². The first-order valence-electron chi connectivity index (χ1n) is 10.9. The molecule has 12 heteroatoms. The molecule has 1 rings (SSSR count). The first-order valence-corrected chi connectivity index (χ1v) is 10.9. The number of carbonyl (C=O) groups excluding carboxylic acids is 4. The van der Waals surface area contributed by atoms with Gasteiger partial charge < -0.3 is 31.5 Å². The van der Waals surface area contributed by atoms with E-state index >= 15 is 0 Å². The van der Waals surface area contributed by atoms with Crippen molar-refractivity contribution >= 4 is 29.6 Å². The lowest BCUT2D eigenvalue weighted by atomic mass is 10.0. The fourth-order valence-electron chi connectivity index (χ4n) is 3.08. The largest absolute Gasteiger partial charge is 0.508 e. The summed E-state index contributed by atoms with van der Waals surface area (Å²) >= 11 is 0. The number of nitriles is 1. The Balaban J connectivity index is 2.88. The molecule has 0 aromatic heterocycles. The van der Waals surface area contributed by atoms with Gasteiger partial charge in [0.25, 0.3) is 0 Å². The van der Waals surface area contributed by atoms with Crippen molar-refractivity contribution < 1.29 is 34.2 Å². The van der Waals surface area contributed by atoms with Crippen LogP contribution in [-0.4, -0.2) is 64.0 Å². The molecule has 35 heavy (non-hydrogen) atoms. The van der Waals surface area contributed by atoms with Crippen LogP contribution in [0.4, 0.5) is 0 Å². The minimum absolute atomic E-state index is 0.0491. The first-order chi connectivity index (χ1) is 16.3. The molecule has 0 saturated carbocycles. The van der Waals surface area contributed by atoms with E-state index in [-0.39, 0.29) is 18.1 Å². The Bertz CT molecular complexity index is 971. The molecular weight excluding hydrogens is 458 g/mol. The van der Waals surface area contributed by atoms with E-state index < -0.39 is 60.2 Å². The number of amides is 4. The van der Waals surface area contributed by atoms with Crippen LogP contribution in [0.5, 0.6) is 5.75 Å². The Labute approximate surface area is 203 Å². The summed E-state index contributed by atoms with van der Waals surface area (Å²) in [4.78, 5) is 60.5. The number of rotatable bonds is 12. The zero-order valence-corrected chi connectivity index (χ0v) is 20.0. The number of nitrogens with zero attached hydrogens (tertiary/aromatic N) is 1. The van der Waals surface area contributed by atoms with Crippen LogP contribution in [0.15, 0.2) is 24.3 Å². The van der Waals surface area contributed by atoms with E-state index in [1.165, 1.54) is 26.0 Å². The number of hydrogen-bond donors (Lipinski definition) is 6. The first kappa shape index (κ1) is 28.9. The van der Waals surface area contributed by atoms with Crippen molar-refractivity contribution in [1.82, 2.24) is 21.3 Å². The minimum Gasteiger partial charge on any atom is -0.508 e. The van der Waals surface area contributed by atoms with Crippen LogP contribution < -0.4 is 21.3 Å². The summed E-state index contributed by atoms with van der Waals surface area (Å²) in [7, 11) is 0. The highest BCUT2D eigenvalue weighted by Crippen LogP contribution is 2.12. The van der Waals surface area contributed by atoms with Gasteiger partial charge in [-0.2, -0.15) is 5.26 Å². The predicted molar refractivity (Wildman–Crippen MR) is 124 cm³/mol. The van der Waals surface area contributed by atoms with Gasteiger partial charge in [0.2, 0.25) is 23.6 Å². The van der Waals surface area contributed by atoms with E-state index in [0.29, 0.717) is 5.56 Å². The Hall–Kier alpha value is -4.14. The van der Waals surface area contributed by atoms with Gasteiger partial charge in [-0.1, -0.05) is 26.0 Å². The van der Waals surface area contributed by atoms with Crippen molar-refractivity contribution in [1.29, 1.82) is 5.26 Å². The zero-order chi connectivity index (χ0) is 26.7. The molecule has 0 spiro atoms. The van der Waals surface area contributed by atoms with Crippen LogP contribution >= 0.6 is 0 Å². The molecule has 0 fully saturated rings. The van der Waals surface area contributed by atoms with Gasteiger partial charge in [-0.15, -0.1) is 0 Å². The highest BCUT2D eigenvalue weighted by molar-refractivity contribution is 5.94. The van der Waals surface area contributed by atoms with E-state index in [1.54, 1.807) is 32.0 Å². The molecule has 4 atom stereocenters. The standard InChI is InChI=1S/C23H31N5O7/c1-12(2)20(23(35)25-13(3)21(33)27-16(11-24)10-19(31)32)28-22(34)18(26-14(4)29)9-15-5-7-17(30)8-6-15/h5-8,12-13,16,18,20,30H,9-10H2,1-4H3,(H,25,35)(H,26,29)(H,27,33)(H,28,34)(H,31,32). The van der Waals surface area contributed by atoms with Gasteiger partial charge in [0.1, 0.15) is 29.9 Å². The van der Waals surface area contributed by atoms with Crippen molar-refractivity contribution in [3.63, 3.8) is 0 Å². The summed E-state index contributed by atoms with van der Waals surface area (Å²) in [5, 5.41) is 37.0. The molecule has 1 aromatic carbocycles. The summed E-state index contributed by atoms with van der Waals surface area (Å²) in [6, 6.07) is 3.31. The maximum Gasteiger partial charge on any atom is 0.306 e. The smallest absolute Gasteiger partial charge is 0.306 e. The number of hydrogen-bond acceptors (Lipinski definition) is 7. The normalized spacial score (nSPS) is 13.9. The number of nitrogens with one attached hydrogen (secondary N) is 4. The van der Waals surface area contributed by atoms with Crippen molar-refractivity contribution in [2.75, 3.05) is 0 Å². The molecule has 6 N–H and O–H groups in total. The second kappa shape index (κ2) is 13.5. The van der Waals surface area contributed by atoms with Gasteiger partial charge >= 0.3 is 5.97 Å². The fraction of sp³-hybridized carbons (Fsp3) is 0.478. The summed E-state index contributed by atoms with van der Waals surface area (Å²) in [5.41, 5.74) is 0.668. The lowest BCUT2D eigenvalue weighted by Crippen LogP contribution is -2.58. The lowest BCUT2D eigenvalue weighted by molar-refractivity contribution is -0.137. The summed E-state index contributed by atoms with van der Waals surface area (Å²) in [6.07, 6.45) is -0.491. The van der Waals surface area contributed by atoms with E-state index in [4.69, 9.17) is 10.4 Å². The Morgan fingerprint density at radius 1 is 0.914 bits per heavy atom. The SMILES string of the molecule is CC(=O)NC(Cc1ccc(O)cc1)C(=O)NC(C(=O)NC(C)C(=O)NC(C#N)CC(=O)O)C(C)C. The number of carbonyl (C=O) groups is 5. The van der Waals surface area contributed by atoms with Crippen molar-refractivity contribution in [2.24, 2.45) is 5.92 Å². The quantitative estimate of drug-likeness (QED) is 0.227. The maximum atomic E-state index is 12.9. The highest BCUT2D eigenvalue weighted by Gasteiger charge is 2.30. The van der Waals surface area contributed by atoms with Crippen LogP contribution in [0.1, 0.15) is 39.7 Å². The second-order valence-electron chi connectivity index (χ2n) is 8.37. The Morgan fingerprint density at radius 2 is 1.51 bits per heavy atom. The number of carboxylic acids is 1. The summed E-state index contributed by atoms with van der Waals surface area (Å²) in [5.74, 6) is -4.11. The second-order valence-corrected chi connectivity index (χ2v) is 8.37. The van der Waals surface area contributed by atoms with Gasteiger partial charge in [0.05, 0.1) is 12.5 Å². The van der Waals surface area contributed by atoms with Gasteiger partial charge in [0.15, 0.2) is 0 Å². The van der Waals surface area contributed by atoms with E-state index in [1.807, 2.05) is 0 Å². The number of aromatic hydroxyl groups is 1. The molecular formula is C23H31N5O7. The Morgan fingerprint density at radius 3 is 2.00 bits per heavy atom. The summed E-state index contributed by atoms with van der Waals surface area (Å²) in [6.45, 7) is 5.97. The molecule has 4 amide bonds. The average molecular weight is 490 g/mol. The van der Waals surface area contributed by atoms with E-state index in [0.717, 1.165) is 0 Å². The predicted octanol–water partition coefficient (Wildman–Crippen LogP) is -0.432. The van der Waals surface area contributed by atoms with E-state index in [2.05, 4.69) is 21.3 Å². The van der Waals surface area contributed by atoms with Gasteiger partial charge in [0, 0.05) is 13.3 Å². The molecule has 0 heterocycles. The minimum atomic E-state index is -1.27. The van der Waals surface area contributed by atoms with Crippen LogP contribution in [-0.2, 0) is 30.4 Å². The maximum absolute atomic E-state index is 12.9. The molecule has 1 aromatic rings. The van der Waals surface area contributed by atoms with E-state index in [9.17, 15) is 29.1 Å². The van der Waals surface area contributed by atoms with Crippen molar-refractivity contribution in [3.8, 4) is 11.8 Å². The summed E-state index contributed by atoms with van der Waals surface area (Å²) < 4.78 is 0. The van der Waals surface area contributed by atoms with Crippen LogP contribution in [0.2, 0.25) is 0 Å². The van der Waals surface area contributed by atoms with Crippen LogP contribution in [0.3, 0.4) is 0 Å². The highest BCUT2D eigenvalue weighted by atomic mass is 16.4. The molecule has 12 nitrogen and oxygen atoms in total. The van der Waals surface area contributed by atoms with Crippen molar-refractivity contribution in [2.45, 2.75) is 64.7 Å². The van der Waals surface area contributed by atoms with Gasteiger partial charge in [-0.3, -0.25) is 24.0 Å². The molecule has 0 aliphatic rings. The number of carboxylic acid groups (broad SMARTS) is 1. The third-order valence-electron chi connectivity index (χ3n) is 4.92. The molecule has 190 valence electrons. The molecule has 0 bridgehead atoms. The molecule has 0 radical (unpaired) electrons. The fourth-order valence-corrected chi connectivity index (χ4v) is 3.08. The van der Waals surface area contributed by atoms with Crippen LogP contribution in [0, 0.1) is 17.2 Å². The topological polar surface area (TPSA) is 198 Å². The molecule has 0 aliphatic heterocycles. The lowest BCUT2D eigenvalue weighted by Gasteiger charge is -2.26. The number of benzene rings is 1. The van der Waals surface area contributed by atoms with Crippen molar-refractivity contribution in [3.05, 3.63) is 29.8 Å². The van der Waals surface area contributed by atoms with Gasteiger partial charge in [-0.25, -0.2) is 0 Å². The average Bonchev–Trinajstić information content (AvgIpc) is 2.76.